The molecule has 0 amide bonds. The number of aliphatic hydroxyl groups is 2. The van der Waals surface area contributed by atoms with E-state index in [1.807, 2.05) is 30.3 Å². The highest BCUT2D eigenvalue weighted by molar-refractivity contribution is 5.85. The molecule has 130 valence electrons. The second kappa shape index (κ2) is 6.37. The summed E-state index contributed by atoms with van der Waals surface area (Å²) in [4.78, 5) is 0. The van der Waals surface area contributed by atoms with E-state index in [1.54, 1.807) is 17.8 Å². The van der Waals surface area contributed by atoms with Crippen LogP contribution >= 0.6 is 0 Å². The first kappa shape index (κ1) is 16.4. The highest BCUT2D eigenvalue weighted by Crippen LogP contribution is 2.31. The summed E-state index contributed by atoms with van der Waals surface area (Å²) in [6, 6.07) is 20.2. The normalized spacial score (nSPS) is 11.4. The van der Waals surface area contributed by atoms with Crippen LogP contribution in [0.4, 0.5) is 0 Å². The fourth-order valence-electron chi connectivity index (χ4n) is 3.33. The van der Waals surface area contributed by atoms with Gasteiger partial charge in [0.25, 0.3) is 0 Å². The first-order valence-corrected chi connectivity index (χ1v) is 8.40. The van der Waals surface area contributed by atoms with E-state index in [9.17, 15) is 10.2 Å². The van der Waals surface area contributed by atoms with Gasteiger partial charge < -0.3 is 10.2 Å². The van der Waals surface area contributed by atoms with Gasteiger partial charge in [-0.25, -0.2) is 4.68 Å². The number of aliphatic hydroxyl groups excluding tert-OH is 1. The highest BCUT2D eigenvalue weighted by atomic mass is 16.5. The fraction of sp³-hybridized carbons (Fsp3) is 0.143. The lowest BCUT2D eigenvalue weighted by Crippen LogP contribution is -2.01. The summed E-state index contributed by atoms with van der Waals surface area (Å²) in [5.41, 5.74) is 7.09. The van der Waals surface area contributed by atoms with Crippen molar-refractivity contribution < 1.29 is 10.2 Å². The van der Waals surface area contributed by atoms with E-state index in [2.05, 4.69) is 41.5 Å². The minimum atomic E-state index is -1.58. The van der Waals surface area contributed by atoms with Crippen LogP contribution in [0.5, 0.6) is 0 Å². The summed E-state index contributed by atoms with van der Waals surface area (Å²) in [5.74, 6) is 0. The smallest absolute Gasteiger partial charge is 0.180 e. The Morgan fingerprint density at radius 3 is 2.27 bits per heavy atom. The van der Waals surface area contributed by atoms with E-state index in [0.29, 0.717) is 16.6 Å². The molecule has 1 aromatic heterocycles. The van der Waals surface area contributed by atoms with Crippen LogP contribution < -0.4 is 0 Å². The zero-order chi connectivity index (χ0) is 18.3. The van der Waals surface area contributed by atoms with E-state index in [4.69, 9.17) is 0 Å². The van der Waals surface area contributed by atoms with Crippen molar-refractivity contribution in [1.29, 1.82) is 0 Å². The van der Waals surface area contributed by atoms with Crippen LogP contribution in [0.2, 0.25) is 0 Å². The number of fused-ring (bicyclic) bond motifs is 1. The van der Waals surface area contributed by atoms with Crippen LogP contribution in [0.3, 0.4) is 0 Å². The van der Waals surface area contributed by atoms with Gasteiger partial charge in [0, 0.05) is 12.6 Å². The molecule has 0 spiro atoms. The number of hydrogen-bond acceptors (Lipinski definition) is 4. The molecular weight excluding hydrogens is 326 g/mol. The van der Waals surface area contributed by atoms with Gasteiger partial charge in [-0.15, -0.1) is 5.10 Å². The molecule has 3 aromatic carbocycles. The topological polar surface area (TPSA) is 71.2 Å². The SMILES string of the molecule is Cc1ccccc1-c1ccc(-c2cc(C(O)O)c3c(c2)nnn3C)cc1. The van der Waals surface area contributed by atoms with E-state index in [0.717, 1.165) is 16.7 Å². The summed E-state index contributed by atoms with van der Waals surface area (Å²) >= 11 is 0. The van der Waals surface area contributed by atoms with Gasteiger partial charge in [0.15, 0.2) is 6.29 Å². The molecule has 0 bridgehead atoms. The van der Waals surface area contributed by atoms with Crippen molar-refractivity contribution >= 4 is 11.0 Å². The summed E-state index contributed by atoms with van der Waals surface area (Å²) in [7, 11) is 1.73. The molecule has 5 nitrogen and oxygen atoms in total. The average molecular weight is 345 g/mol. The minimum absolute atomic E-state index is 0.396. The number of nitrogens with zero attached hydrogens (tertiary/aromatic N) is 3. The summed E-state index contributed by atoms with van der Waals surface area (Å²) in [6.07, 6.45) is -1.58. The quantitative estimate of drug-likeness (QED) is 0.557. The van der Waals surface area contributed by atoms with Gasteiger partial charge in [0.2, 0.25) is 0 Å². The maximum absolute atomic E-state index is 9.75. The Bertz CT molecular complexity index is 1080. The molecule has 0 unspecified atom stereocenters. The Balaban J connectivity index is 1.80. The average Bonchev–Trinajstić information content (AvgIpc) is 3.02. The second-order valence-electron chi connectivity index (χ2n) is 6.41. The Kier molecular flexibility index (Phi) is 4.03. The fourth-order valence-corrected chi connectivity index (χ4v) is 3.33. The first-order chi connectivity index (χ1) is 12.5. The predicted octanol–water partition coefficient (Wildman–Crippen LogP) is 3.59. The lowest BCUT2D eigenvalue weighted by molar-refractivity contribution is -0.0415. The first-order valence-electron chi connectivity index (χ1n) is 8.40. The number of rotatable bonds is 3. The lowest BCUT2D eigenvalue weighted by Gasteiger charge is -2.11. The maximum atomic E-state index is 9.75. The van der Waals surface area contributed by atoms with Gasteiger partial charge in [0.1, 0.15) is 5.52 Å². The largest absolute Gasteiger partial charge is 0.364 e. The van der Waals surface area contributed by atoms with E-state index >= 15 is 0 Å². The zero-order valence-corrected chi connectivity index (χ0v) is 14.6. The molecular formula is C21H19N3O2. The van der Waals surface area contributed by atoms with Gasteiger partial charge in [-0.1, -0.05) is 53.7 Å². The van der Waals surface area contributed by atoms with Crippen molar-refractivity contribution in [3.8, 4) is 22.3 Å². The molecule has 0 radical (unpaired) electrons. The minimum Gasteiger partial charge on any atom is -0.364 e. The number of aromatic nitrogens is 3. The molecule has 1 heterocycles. The second-order valence-corrected chi connectivity index (χ2v) is 6.41. The Morgan fingerprint density at radius 2 is 1.58 bits per heavy atom. The third-order valence-electron chi connectivity index (χ3n) is 4.68. The summed E-state index contributed by atoms with van der Waals surface area (Å²) in [6.45, 7) is 2.10. The molecule has 2 N–H and O–H groups in total. The summed E-state index contributed by atoms with van der Waals surface area (Å²) in [5, 5.41) is 27.6. The van der Waals surface area contributed by atoms with Crippen molar-refractivity contribution in [3.63, 3.8) is 0 Å². The monoisotopic (exact) mass is 345 g/mol. The van der Waals surface area contributed by atoms with Crippen molar-refractivity contribution in [1.82, 2.24) is 15.0 Å². The lowest BCUT2D eigenvalue weighted by atomic mass is 9.96. The molecule has 5 heteroatoms. The van der Waals surface area contributed by atoms with Crippen molar-refractivity contribution in [3.05, 3.63) is 71.8 Å². The van der Waals surface area contributed by atoms with Gasteiger partial charge in [-0.2, -0.15) is 0 Å². The Labute approximate surface area is 151 Å². The van der Waals surface area contributed by atoms with Crippen molar-refractivity contribution in [2.75, 3.05) is 0 Å². The highest BCUT2D eigenvalue weighted by Gasteiger charge is 2.15. The van der Waals surface area contributed by atoms with Crippen LogP contribution in [0.1, 0.15) is 17.4 Å². The number of hydrogen-bond donors (Lipinski definition) is 2. The number of benzene rings is 3. The molecule has 4 rings (SSSR count). The van der Waals surface area contributed by atoms with Gasteiger partial charge in [0.05, 0.1) is 5.52 Å². The zero-order valence-electron chi connectivity index (χ0n) is 14.6. The van der Waals surface area contributed by atoms with Crippen LogP contribution in [0.15, 0.2) is 60.7 Å². The molecule has 26 heavy (non-hydrogen) atoms. The van der Waals surface area contributed by atoms with Crippen LogP contribution in [0.25, 0.3) is 33.3 Å². The molecule has 0 atom stereocenters. The van der Waals surface area contributed by atoms with Gasteiger partial charge in [-0.05, 0) is 46.9 Å². The molecule has 0 fully saturated rings. The van der Waals surface area contributed by atoms with Gasteiger partial charge in [-0.3, -0.25) is 0 Å². The third-order valence-corrected chi connectivity index (χ3v) is 4.68. The standard InChI is InChI=1S/C21H19N3O2/c1-13-5-3-4-6-17(13)15-9-7-14(8-10-15)16-11-18(21(25)26)20-19(12-16)22-23-24(20)2/h3-12,21,25-26H,1-2H3. The van der Waals surface area contributed by atoms with Crippen molar-refractivity contribution in [2.45, 2.75) is 13.2 Å². The molecule has 0 saturated carbocycles. The molecule has 0 aliphatic rings. The molecule has 0 saturated heterocycles. The van der Waals surface area contributed by atoms with Crippen LogP contribution in [0, 0.1) is 6.92 Å². The Morgan fingerprint density at radius 1 is 0.885 bits per heavy atom. The Hall–Kier alpha value is -3.02. The number of aryl methyl sites for hydroxylation is 2. The third kappa shape index (κ3) is 2.77. The van der Waals surface area contributed by atoms with Crippen LogP contribution in [-0.4, -0.2) is 25.2 Å². The predicted molar refractivity (Wildman–Crippen MR) is 101 cm³/mol. The van der Waals surface area contributed by atoms with Gasteiger partial charge >= 0.3 is 0 Å². The van der Waals surface area contributed by atoms with E-state index in [1.165, 1.54) is 11.1 Å². The van der Waals surface area contributed by atoms with E-state index < -0.39 is 6.29 Å². The maximum Gasteiger partial charge on any atom is 0.180 e. The molecule has 0 aliphatic heterocycles. The van der Waals surface area contributed by atoms with E-state index in [-0.39, 0.29) is 0 Å². The molecule has 4 aromatic rings. The van der Waals surface area contributed by atoms with Crippen LogP contribution in [-0.2, 0) is 7.05 Å². The molecule has 0 aliphatic carbocycles. The van der Waals surface area contributed by atoms with Crippen molar-refractivity contribution in [2.24, 2.45) is 7.05 Å². The summed E-state index contributed by atoms with van der Waals surface area (Å²) < 4.78 is 1.55.